The molecule has 0 radical (unpaired) electrons. The highest BCUT2D eigenvalue weighted by Crippen LogP contribution is 2.23. The normalized spacial score (nSPS) is 9.88. The quantitative estimate of drug-likeness (QED) is 0.889. The number of anilines is 2. The summed E-state index contributed by atoms with van der Waals surface area (Å²) >= 11 is 5.88. The number of benzene rings is 1. The van der Waals surface area contributed by atoms with Crippen LogP contribution < -0.4 is 10.1 Å². The fourth-order valence-electron chi connectivity index (χ4n) is 1.24. The first-order valence-corrected chi connectivity index (χ1v) is 5.05. The summed E-state index contributed by atoms with van der Waals surface area (Å²) in [7, 11) is 1.62. The first kappa shape index (κ1) is 10.7. The summed E-state index contributed by atoms with van der Waals surface area (Å²) in [6.45, 7) is 0. The second-order valence-corrected chi connectivity index (χ2v) is 3.41. The van der Waals surface area contributed by atoms with Crippen LogP contribution in [0.3, 0.4) is 0 Å². The number of rotatable bonds is 3. The maximum Gasteiger partial charge on any atom is 0.171 e. The number of halogens is 1. The van der Waals surface area contributed by atoms with E-state index >= 15 is 0 Å². The molecule has 0 aliphatic heterocycles. The molecule has 0 fully saturated rings. The highest BCUT2D eigenvalue weighted by Gasteiger charge is 2.02. The fraction of sp³-hybridized carbons (Fsp3) is 0.0909. The summed E-state index contributed by atoms with van der Waals surface area (Å²) in [6, 6.07) is 7.49. The van der Waals surface area contributed by atoms with Gasteiger partial charge in [0, 0.05) is 24.1 Å². The number of methoxy groups -OCH3 is 1. The molecule has 0 aliphatic carbocycles. The molecule has 16 heavy (non-hydrogen) atoms. The summed E-state index contributed by atoms with van der Waals surface area (Å²) in [5, 5.41) is 3.40. The standard InChI is InChI=1S/C11H10ClN3O/c1-16-9-4-2-3-8(7-9)15-11-10(12)13-5-6-14-11/h2-7H,1H3,(H,14,15). The summed E-state index contributed by atoms with van der Waals surface area (Å²) in [5.41, 5.74) is 0.849. The van der Waals surface area contributed by atoms with E-state index in [9.17, 15) is 0 Å². The number of nitrogens with one attached hydrogen (secondary N) is 1. The average Bonchev–Trinajstić information content (AvgIpc) is 2.32. The van der Waals surface area contributed by atoms with Gasteiger partial charge >= 0.3 is 0 Å². The average molecular weight is 236 g/mol. The van der Waals surface area contributed by atoms with Crippen LogP contribution in [-0.2, 0) is 0 Å². The zero-order valence-corrected chi connectivity index (χ0v) is 9.40. The van der Waals surface area contributed by atoms with Crippen LogP contribution in [0.15, 0.2) is 36.7 Å². The van der Waals surface area contributed by atoms with Crippen molar-refractivity contribution in [1.82, 2.24) is 9.97 Å². The first-order valence-electron chi connectivity index (χ1n) is 4.67. The number of hydrogen-bond acceptors (Lipinski definition) is 4. The Morgan fingerprint density at radius 2 is 2.06 bits per heavy atom. The summed E-state index contributed by atoms with van der Waals surface area (Å²) < 4.78 is 5.11. The Labute approximate surface area is 98.3 Å². The number of ether oxygens (including phenoxy) is 1. The van der Waals surface area contributed by atoms with Gasteiger partial charge in [0.2, 0.25) is 0 Å². The third-order valence-electron chi connectivity index (χ3n) is 1.99. The molecule has 1 N–H and O–H groups in total. The van der Waals surface area contributed by atoms with E-state index in [1.807, 2.05) is 24.3 Å². The number of hydrogen-bond donors (Lipinski definition) is 1. The molecule has 0 amide bonds. The van der Waals surface area contributed by atoms with Crippen molar-refractivity contribution in [2.45, 2.75) is 0 Å². The molecular weight excluding hydrogens is 226 g/mol. The lowest BCUT2D eigenvalue weighted by molar-refractivity contribution is 0.415. The molecule has 0 saturated heterocycles. The van der Waals surface area contributed by atoms with Gasteiger partial charge in [-0.15, -0.1) is 0 Å². The van der Waals surface area contributed by atoms with Crippen molar-refractivity contribution in [3.05, 3.63) is 41.8 Å². The Balaban J connectivity index is 2.24. The van der Waals surface area contributed by atoms with Gasteiger partial charge in [-0.3, -0.25) is 0 Å². The van der Waals surface area contributed by atoms with Gasteiger partial charge in [-0.05, 0) is 12.1 Å². The molecule has 2 aromatic rings. The van der Waals surface area contributed by atoms with Crippen LogP contribution in [0, 0.1) is 0 Å². The van der Waals surface area contributed by atoms with Crippen molar-refractivity contribution < 1.29 is 4.74 Å². The monoisotopic (exact) mass is 235 g/mol. The zero-order valence-electron chi connectivity index (χ0n) is 8.64. The molecule has 1 aromatic heterocycles. The molecule has 1 aromatic carbocycles. The molecule has 0 unspecified atom stereocenters. The van der Waals surface area contributed by atoms with Gasteiger partial charge in [0.15, 0.2) is 11.0 Å². The lowest BCUT2D eigenvalue weighted by atomic mass is 10.3. The van der Waals surface area contributed by atoms with E-state index in [0.29, 0.717) is 11.0 Å². The molecule has 0 aliphatic rings. The van der Waals surface area contributed by atoms with Crippen molar-refractivity contribution in [2.24, 2.45) is 0 Å². The third kappa shape index (κ3) is 2.41. The lowest BCUT2D eigenvalue weighted by Gasteiger charge is -2.07. The second-order valence-electron chi connectivity index (χ2n) is 3.05. The topological polar surface area (TPSA) is 47.0 Å². The van der Waals surface area contributed by atoms with Gasteiger partial charge in [0.05, 0.1) is 7.11 Å². The lowest BCUT2D eigenvalue weighted by Crippen LogP contribution is -1.95. The molecule has 0 bridgehead atoms. The molecule has 0 atom stereocenters. The van der Waals surface area contributed by atoms with E-state index in [0.717, 1.165) is 11.4 Å². The van der Waals surface area contributed by atoms with E-state index in [4.69, 9.17) is 16.3 Å². The predicted molar refractivity (Wildman–Crippen MR) is 63.3 cm³/mol. The minimum Gasteiger partial charge on any atom is -0.497 e. The van der Waals surface area contributed by atoms with Crippen LogP contribution in [0.25, 0.3) is 0 Å². The van der Waals surface area contributed by atoms with Crippen molar-refractivity contribution in [1.29, 1.82) is 0 Å². The predicted octanol–water partition coefficient (Wildman–Crippen LogP) is 2.88. The minimum atomic E-state index is 0.338. The van der Waals surface area contributed by atoms with Crippen LogP contribution >= 0.6 is 11.6 Å². The Morgan fingerprint density at radius 1 is 1.25 bits per heavy atom. The Bertz CT molecular complexity index is 490. The molecule has 4 nitrogen and oxygen atoms in total. The smallest absolute Gasteiger partial charge is 0.171 e. The van der Waals surface area contributed by atoms with E-state index in [2.05, 4.69) is 15.3 Å². The SMILES string of the molecule is COc1cccc(Nc2nccnc2Cl)c1. The second kappa shape index (κ2) is 4.81. The number of aromatic nitrogens is 2. The maximum atomic E-state index is 5.88. The Morgan fingerprint density at radius 3 is 2.81 bits per heavy atom. The number of nitrogens with zero attached hydrogens (tertiary/aromatic N) is 2. The van der Waals surface area contributed by atoms with Gasteiger partial charge in [0.25, 0.3) is 0 Å². The molecule has 0 saturated carbocycles. The van der Waals surface area contributed by atoms with Crippen LogP contribution in [0.1, 0.15) is 0 Å². The van der Waals surface area contributed by atoms with E-state index in [-0.39, 0.29) is 0 Å². The van der Waals surface area contributed by atoms with E-state index in [1.54, 1.807) is 19.5 Å². The molecule has 2 rings (SSSR count). The van der Waals surface area contributed by atoms with Crippen molar-refractivity contribution >= 4 is 23.1 Å². The molecule has 1 heterocycles. The first-order chi connectivity index (χ1) is 7.79. The third-order valence-corrected chi connectivity index (χ3v) is 2.26. The Kier molecular flexibility index (Phi) is 3.22. The van der Waals surface area contributed by atoms with Crippen molar-refractivity contribution in [3.8, 4) is 5.75 Å². The fourth-order valence-corrected chi connectivity index (χ4v) is 1.39. The van der Waals surface area contributed by atoms with Gasteiger partial charge < -0.3 is 10.1 Å². The zero-order chi connectivity index (χ0) is 11.4. The summed E-state index contributed by atoms with van der Waals surface area (Å²) in [6.07, 6.45) is 3.12. The molecular formula is C11H10ClN3O. The minimum absolute atomic E-state index is 0.338. The molecule has 5 heteroatoms. The summed E-state index contributed by atoms with van der Waals surface area (Å²) in [4.78, 5) is 8.01. The van der Waals surface area contributed by atoms with Crippen LogP contribution in [-0.4, -0.2) is 17.1 Å². The molecule has 0 spiro atoms. The van der Waals surface area contributed by atoms with Crippen LogP contribution in [0.2, 0.25) is 5.15 Å². The maximum absolute atomic E-state index is 5.88. The molecule has 82 valence electrons. The largest absolute Gasteiger partial charge is 0.497 e. The van der Waals surface area contributed by atoms with Crippen LogP contribution in [0.5, 0.6) is 5.75 Å². The van der Waals surface area contributed by atoms with E-state index in [1.165, 1.54) is 0 Å². The van der Waals surface area contributed by atoms with Crippen LogP contribution in [0.4, 0.5) is 11.5 Å². The van der Waals surface area contributed by atoms with Crippen molar-refractivity contribution in [3.63, 3.8) is 0 Å². The van der Waals surface area contributed by atoms with Gasteiger partial charge in [0.1, 0.15) is 5.75 Å². The van der Waals surface area contributed by atoms with Gasteiger partial charge in [-0.2, -0.15) is 0 Å². The Hall–Kier alpha value is -1.81. The highest BCUT2D eigenvalue weighted by atomic mass is 35.5. The van der Waals surface area contributed by atoms with Gasteiger partial charge in [-0.25, -0.2) is 9.97 Å². The van der Waals surface area contributed by atoms with Gasteiger partial charge in [-0.1, -0.05) is 17.7 Å². The summed E-state index contributed by atoms with van der Waals surface area (Å²) in [5.74, 6) is 1.29. The van der Waals surface area contributed by atoms with Crippen molar-refractivity contribution in [2.75, 3.05) is 12.4 Å². The highest BCUT2D eigenvalue weighted by molar-refractivity contribution is 6.31. The van der Waals surface area contributed by atoms with E-state index < -0.39 is 0 Å².